The van der Waals surface area contributed by atoms with Gasteiger partial charge in [-0.3, -0.25) is 10.1 Å². The van der Waals surface area contributed by atoms with Gasteiger partial charge in [0, 0.05) is 29.3 Å². The van der Waals surface area contributed by atoms with Gasteiger partial charge in [0.25, 0.3) is 5.91 Å². The first-order valence-electron chi connectivity index (χ1n) is 12.3. The zero-order valence-corrected chi connectivity index (χ0v) is 22.0. The van der Waals surface area contributed by atoms with Crippen LogP contribution in [0.2, 0.25) is 0 Å². The molecule has 3 heterocycles. The molecule has 0 fully saturated rings. The second-order valence-corrected chi connectivity index (χ2v) is 11.1. The van der Waals surface area contributed by atoms with Gasteiger partial charge in [-0.25, -0.2) is 14.5 Å². The van der Waals surface area contributed by atoms with Crippen molar-refractivity contribution in [1.29, 1.82) is 0 Å². The van der Waals surface area contributed by atoms with E-state index in [-0.39, 0.29) is 17.4 Å². The zero-order valence-electron chi connectivity index (χ0n) is 21.2. The summed E-state index contributed by atoms with van der Waals surface area (Å²) in [7, 11) is 0. The molecule has 2 aromatic heterocycles. The molecule has 3 N–H and O–H groups in total. The summed E-state index contributed by atoms with van der Waals surface area (Å²) in [5.41, 5.74) is 8.54. The highest BCUT2D eigenvalue weighted by atomic mass is 32.1. The van der Waals surface area contributed by atoms with Crippen molar-refractivity contribution in [2.24, 2.45) is 0 Å². The first-order chi connectivity index (χ1) is 18.3. The Kier molecular flexibility index (Phi) is 5.72. The van der Waals surface area contributed by atoms with E-state index in [0.29, 0.717) is 23.6 Å². The Hall–Kier alpha value is -4.50. The molecule has 0 saturated carbocycles. The van der Waals surface area contributed by atoms with Crippen molar-refractivity contribution in [2.75, 3.05) is 10.6 Å². The van der Waals surface area contributed by atoms with E-state index in [9.17, 15) is 9.59 Å². The molecule has 8 nitrogen and oxygen atoms in total. The molecular weight excluding hydrogens is 496 g/mol. The van der Waals surface area contributed by atoms with E-state index in [1.54, 1.807) is 16.0 Å². The molecular formula is C29H26N6O2S. The lowest BCUT2D eigenvalue weighted by molar-refractivity contribution is 0.0965. The van der Waals surface area contributed by atoms with Gasteiger partial charge in [0.05, 0.1) is 27.1 Å². The molecule has 9 heteroatoms. The first-order valence-corrected chi connectivity index (χ1v) is 13.2. The van der Waals surface area contributed by atoms with Gasteiger partial charge in [0.2, 0.25) is 0 Å². The molecule has 0 unspecified atom stereocenters. The second kappa shape index (κ2) is 9.11. The van der Waals surface area contributed by atoms with Gasteiger partial charge >= 0.3 is 6.03 Å². The number of amides is 3. The highest BCUT2D eigenvalue weighted by Crippen LogP contribution is 2.31. The van der Waals surface area contributed by atoms with Crippen LogP contribution in [0.15, 0.2) is 72.2 Å². The van der Waals surface area contributed by atoms with Crippen molar-refractivity contribution < 1.29 is 9.59 Å². The molecule has 3 aromatic carbocycles. The van der Waals surface area contributed by atoms with Crippen LogP contribution in [0.1, 0.15) is 42.4 Å². The van der Waals surface area contributed by atoms with Crippen LogP contribution in [-0.4, -0.2) is 26.7 Å². The molecule has 3 amide bonds. The van der Waals surface area contributed by atoms with Gasteiger partial charge in [-0.15, -0.1) is 11.3 Å². The van der Waals surface area contributed by atoms with Crippen LogP contribution in [-0.2, 0) is 12.0 Å². The minimum atomic E-state index is -0.371. The molecule has 1 aliphatic rings. The third-order valence-electron chi connectivity index (χ3n) is 6.58. The molecule has 190 valence electrons. The number of nitrogens with one attached hydrogen (secondary N) is 3. The number of thiazole rings is 1. The first kappa shape index (κ1) is 23.9. The Morgan fingerprint density at radius 2 is 1.79 bits per heavy atom. The minimum absolute atomic E-state index is 0.0443. The normalized spacial score (nSPS) is 12.9. The van der Waals surface area contributed by atoms with E-state index in [1.807, 2.05) is 72.2 Å². The average molecular weight is 523 g/mol. The number of urea groups is 1. The summed E-state index contributed by atoms with van der Waals surface area (Å²) in [4.78, 5) is 29.5. The predicted octanol–water partition coefficient (Wildman–Crippen LogP) is 6.33. The molecule has 5 aromatic rings. The number of anilines is 2. The maximum absolute atomic E-state index is 13.0. The number of fused-ring (bicyclic) bond motifs is 2. The van der Waals surface area contributed by atoms with Crippen molar-refractivity contribution in [3.63, 3.8) is 0 Å². The van der Waals surface area contributed by atoms with Crippen LogP contribution in [0.3, 0.4) is 0 Å². The average Bonchev–Trinajstić information content (AvgIpc) is 3.62. The van der Waals surface area contributed by atoms with Gasteiger partial charge in [-0.1, -0.05) is 45.0 Å². The third kappa shape index (κ3) is 4.41. The summed E-state index contributed by atoms with van der Waals surface area (Å²) in [5, 5.41) is 13.6. The topological polar surface area (TPSA) is 101 Å². The Morgan fingerprint density at radius 3 is 2.58 bits per heavy atom. The second-order valence-electron chi connectivity index (χ2n) is 10.3. The van der Waals surface area contributed by atoms with Crippen LogP contribution in [0.4, 0.5) is 16.3 Å². The Balaban J connectivity index is 1.23. The lowest BCUT2D eigenvalue weighted by Gasteiger charge is -2.14. The van der Waals surface area contributed by atoms with Gasteiger partial charge in [-0.05, 0) is 53.1 Å². The molecule has 0 saturated heterocycles. The summed E-state index contributed by atoms with van der Waals surface area (Å²) >= 11 is 1.58. The fourth-order valence-corrected chi connectivity index (χ4v) is 5.21. The van der Waals surface area contributed by atoms with E-state index in [2.05, 4.69) is 41.7 Å². The third-order valence-corrected chi connectivity index (χ3v) is 7.39. The van der Waals surface area contributed by atoms with E-state index < -0.39 is 0 Å². The molecule has 6 rings (SSSR count). The standard InChI is InChI=1S/C29H26N6O2S/c1-29(2,3)25-14-26(35(34-25)19-11-12-24-23(13-19)31-16-38-24)33-28(37)32-18-9-7-17(8-10-18)20-5-4-6-21-22(20)15-30-27(21)36/h4-14,16H,15H2,1-3H3,(H,30,36)(H2,32,33,37). The van der Waals surface area contributed by atoms with Crippen molar-refractivity contribution in [2.45, 2.75) is 32.7 Å². The van der Waals surface area contributed by atoms with Crippen molar-refractivity contribution in [3.05, 3.63) is 89.1 Å². The molecule has 0 radical (unpaired) electrons. The highest BCUT2D eigenvalue weighted by Gasteiger charge is 2.23. The van der Waals surface area contributed by atoms with E-state index in [0.717, 1.165) is 38.3 Å². The highest BCUT2D eigenvalue weighted by molar-refractivity contribution is 7.16. The van der Waals surface area contributed by atoms with Crippen LogP contribution in [0.25, 0.3) is 27.0 Å². The zero-order chi connectivity index (χ0) is 26.4. The molecule has 0 aliphatic carbocycles. The number of rotatable bonds is 4. The monoisotopic (exact) mass is 522 g/mol. The number of hydrogen-bond acceptors (Lipinski definition) is 5. The minimum Gasteiger partial charge on any atom is -0.348 e. The van der Waals surface area contributed by atoms with E-state index in [4.69, 9.17) is 5.10 Å². The molecule has 38 heavy (non-hydrogen) atoms. The van der Waals surface area contributed by atoms with Crippen LogP contribution < -0.4 is 16.0 Å². The summed E-state index contributed by atoms with van der Waals surface area (Å²) in [5.74, 6) is 0.521. The van der Waals surface area contributed by atoms with Gasteiger partial charge in [0.15, 0.2) is 0 Å². The van der Waals surface area contributed by atoms with Crippen LogP contribution >= 0.6 is 11.3 Å². The molecule has 1 aliphatic heterocycles. The fourth-order valence-electron chi connectivity index (χ4n) is 4.55. The van der Waals surface area contributed by atoms with Gasteiger partial charge in [-0.2, -0.15) is 5.10 Å². The number of nitrogens with zero attached hydrogens (tertiary/aromatic N) is 3. The summed E-state index contributed by atoms with van der Waals surface area (Å²) in [6, 6.07) is 20.8. The van der Waals surface area contributed by atoms with Gasteiger partial charge < -0.3 is 10.6 Å². The van der Waals surface area contributed by atoms with E-state index in [1.165, 1.54) is 0 Å². The quantitative estimate of drug-likeness (QED) is 0.257. The SMILES string of the molecule is CC(C)(C)c1cc(NC(=O)Nc2ccc(-c3cccc4c3CNC4=O)cc2)n(-c2ccc3scnc3c2)n1. The number of carbonyl (C=O) groups excluding carboxylic acids is 2. The maximum Gasteiger partial charge on any atom is 0.324 e. The van der Waals surface area contributed by atoms with Crippen LogP contribution in [0.5, 0.6) is 0 Å². The predicted molar refractivity (Wildman–Crippen MR) is 151 cm³/mol. The summed E-state index contributed by atoms with van der Waals surface area (Å²) in [6.07, 6.45) is 0. The molecule has 0 spiro atoms. The Bertz CT molecular complexity index is 1690. The maximum atomic E-state index is 13.0. The Morgan fingerprint density at radius 1 is 1.00 bits per heavy atom. The number of carbonyl (C=O) groups is 2. The smallest absolute Gasteiger partial charge is 0.324 e. The lowest BCUT2D eigenvalue weighted by Crippen LogP contribution is -2.21. The summed E-state index contributed by atoms with van der Waals surface area (Å²) < 4.78 is 2.84. The van der Waals surface area contributed by atoms with Gasteiger partial charge in [0.1, 0.15) is 5.82 Å². The molecule has 0 bridgehead atoms. The Labute approximate surface area is 223 Å². The number of benzene rings is 3. The summed E-state index contributed by atoms with van der Waals surface area (Å²) in [6.45, 7) is 6.78. The van der Waals surface area contributed by atoms with Crippen LogP contribution in [0, 0.1) is 0 Å². The fraction of sp³-hybridized carbons (Fsp3) is 0.172. The lowest BCUT2D eigenvalue weighted by atomic mass is 9.92. The number of aromatic nitrogens is 3. The van der Waals surface area contributed by atoms with Crippen molar-refractivity contribution >= 4 is 45.0 Å². The van der Waals surface area contributed by atoms with Crippen molar-refractivity contribution in [1.82, 2.24) is 20.1 Å². The number of hydrogen-bond donors (Lipinski definition) is 3. The molecule has 0 atom stereocenters. The largest absolute Gasteiger partial charge is 0.348 e. The van der Waals surface area contributed by atoms with E-state index >= 15 is 0 Å². The van der Waals surface area contributed by atoms with Crippen molar-refractivity contribution in [3.8, 4) is 16.8 Å².